The van der Waals surface area contributed by atoms with E-state index in [2.05, 4.69) is 32.6 Å². The molecule has 0 radical (unpaired) electrons. The van der Waals surface area contributed by atoms with Gasteiger partial charge in [-0.3, -0.25) is 0 Å². The summed E-state index contributed by atoms with van der Waals surface area (Å²) in [4.78, 5) is 16.2. The first kappa shape index (κ1) is 15.8. The highest BCUT2D eigenvalue weighted by molar-refractivity contribution is 14.1. The number of methoxy groups -OCH3 is 1. The SMILES string of the molecule is CCCOc1c(I)cc(/C=C2/C(=O)ON=C2C)cc1OC. The number of rotatable bonds is 5. The van der Waals surface area contributed by atoms with Crippen LogP contribution in [0.15, 0.2) is 22.9 Å². The third-order valence-electron chi connectivity index (χ3n) is 2.89. The Balaban J connectivity index is 2.38. The average Bonchev–Trinajstić information content (AvgIpc) is 2.77. The number of benzene rings is 1. The van der Waals surface area contributed by atoms with Crippen LogP contribution in [0.4, 0.5) is 0 Å². The number of carbonyl (C=O) groups is 1. The van der Waals surface area contributed by atoms with Crippen LogP contribution < -0.4 is 9.47 Å². The van der Waals surface area contributed by atoms with E-state index in [1.165, 1.54) is 0 Å². The van der Waals surface area contributed by atoms with E-state index in [1.54, 1.807) is 20.1 Å². The first-order valence-corrected chi connectivity index (χ1v) is 7.63. The predicted molar refractivity (Wildman–Crippen MR) is 88.7 cm³/mol. The molecular formula is C15H16INO4. The van der Waals surface area contributed by atoms with Crippen molar-refractivity contribution in [3.05, 3.63) is 26.8 Å². The van der Waals surface area contributed by atoms with Crippen molar-refractivity contribution in [2.24, 2.45) is 5.16 Å². The molecule has 0 atom stereocenters. The van der Waals surface area contributed by atoms with E-state index in [9.17, 15) is 4.79 Å². The van der Waals surface area contributed by atoms with Crippen molar-refractivity contribution in [2.45, 2.75) is 20.3 Å². The molecular weight excluding hydrogens is 385 g/mol. The molecule has 0 aliphatic carbocycles. The lowest BCUT2D eigenvalue weighted by molar-refractivity contribution is -0.136. The molecule has 0 spiro atoms. The summed E-state index contributed by atoms with van der Waals surface area (Å²) in [5.41, 5.74) is 1.86. The normalized spacial score (nSPS) is 15.9. The molecule has 0 unspecified atom stereocenters. The van der Waals surface area contributed by atoms with Crippen molar-refractivity contribution in [1.82, 2.24) is 0 Å². The van der Waals surface area contributed by atoms with E-state index in [1.807, 2.05) is 19.1 Å². The van der Waals surface area contributed by atoms with Gasteiger partial charge in [-0.15, -0.1) is 0 Å². The van der Waals surface area contributed by atoms with Gasteiger partial charge in [-0.05, 0) is 59.7 Å². The number of hydrogen-bond acceptors (Lipinski definition) is 5. The smallest absolute Gasteiger partial charge is 0.367 e. The number of halogens is 1. The van der Waals surface area contributed by atoms with Crippen LogP contribution in [0.5, 0.6) is 11.5 Å². The van der Waals surface area contributed by atoms with Gasteiger partial charge in [0.1, 0.15) is 0 Å². The molecule has 0 saturated heterocycles. The van der Waals surface area contributed by atoms with E-state index < -0.39 is 5.97 Å². The molecule has 0 aromatic heterocycles. The summed E-state index contributed by atoms with van der Waals surface area (Å²) in [5, 5.41) is 3.66. The van der Waals surface area contributed by atoms with E-state index in [0.29, 0.717) is 23.6 Å². The minimum atomic E-state index is -0.437. The van der Waals surface area contributed by atoms with Gasteiger partial charge in [0.05, 0.1) is 28.6 Å². The maximum Gasteiger partial charge on any atom is 0.367 e. The minimum Gasteiger partial charge on any atom is -0.493 e. The molecule has 1 aliphatic rings. The number of hydrogen-bond donors (Lipinski definition) is 0. The van der Waals surface area contributed by atoms with Gasteiger partial charge >= 0.3 is 5.97 Å². The monoisotopic (exact) mass is 401 g/mol. The third kappa shape index (κ3) is 3.55. The number of nitrogens with zero attached hydrogens (tertiary/aromatic N) is 1. The Bertz CT molecular complexity index is 622. The Hall–Kier alpha value is -1.57. The van der Waals surface area contributed by atoms with Gasteiger partial charge in [0.2, 0.25) is 0 Å². The molecule has 1 aromatic carbocycles. The highest BCUT2D eigenvalue weighted by Crippen LogP contribution is 2.35. The molecule has 0 amide bonds. The lowest BCUT2D eigenvalue weighted by Crippen LogP contribution is -2.03. The summed E-state index contributed by atoms with van der Waals surface area (Å²) in [6.45, 7) is 4.41. The maximum absolute atomic E-state index is 11.6. The second-order valence-corrected chi connectivity index (χ2v) is 5.66. The molecule has 1 heterocycles. The van der Waals surface area contributed by atoms with Crippen LogP contribution in [-0.2, 0) is 9.63 Å². The summed E-state index contributed by atoms with van der Waals surface area (Å²) in [6.07, 6.45) is 2.66. The van der Waals surface area contributed by atoms with Crippen molar-refractivity contribution in [3.8, 4) is 11.5 Å². The molecule has 6 heteroatoms. The highest BCUT2D eigenvalue weighted by Gasteiger charge is 2.22. The third-order valence-corrected chi connectivity index (χ3v) is 3.69. The lowest BCUT2D eigenvalue weighted by atomic mass is 10.1. The van der Waals surface area contributed by atoms with Crippen LogP contribution in [-0.4, -0.2) is 25.4 Å². The molecule has 112 valence electrons. The van der Waals surface area contributed by atoms with Crippen LogP contribution in [0, 0.1) is 3.57 Å². The van der Waals surface area contributed by atoms with Crippen molar-refractivity contribution in [2.75, 3.05) is 13.7 Å². The van der Waals surface area contributed by atoms with Crippen LogP contribution in [0.1, 0.15) is 25.8 Å². The topological polar surface area (TPSA) is 57.1 Å². The predicted octanol–water partition coefficient (Wildman–Crippen LogP) is 3.40. The highest BCUT2D eigenvalue weighted by atomic mass is 127. The summed E-state index contributed by atoms with van der Waals surface area (Å²) in [6, 6.07) is 3.76. The molecule has 1 aliphatic heterocycles. The van der Waals surface area contributed by atoms with Crippen molar-refractivity contribution in [3.63, 3.8) is 0 Å². The van der Waals surface area contributed by atoms with Crippen molar-refractivity contribution >= 4 is 40.3 Å². The van der Waals surface area contributed by atoms with Crippen LogP contribution >= 0.6 is 22.6 Å². The van der Waals surface area contributed by atoms with Crippen molar-refractivity contribution < 1.29 is 19.1 Å². The largest absolute Gasteiger partial charge is 0.493 e. The van der Waals surface area contributed by atoms with Gasteiger partial charge in [-0.2, -0.15) is 0 Å². The zero-order valence-electron chi connectivity index (χ0n) is 12.1. The summed E-state index contributed by atoms with van der Waals surface area (Å²) < 4.78 is 12.0. The van der Waals surface area contributed by atoms with E-state index >= 15 is 0 Å². The molecule has 0 N–H and O–H groups in total. The fraction of sp³-hybridized carbons (Fsp3) is 0.333. The van der Waals surface area contributed by atoms with Gasteiger partial charge in [0.15, 0.2) is 11.5 Å². The molecule has 2 rings (SSSR count). The molecule has 5 nitrogen and oxygen atoms in total. The van der Waals surface area contributed by atoms with Gasteiger partial charge in [0, 0.05) is 0 Å². The fourth-order valence-corrected chi connectivity index (χ4v) is 2.63. The van der Waals surface area contributed by atoms with Gasteiger partial charge in [-0.25, -0.2) is 4.79 Å². The molecule has 21 heavy (non-hydrogen) atoms. The second-order valence-electron chi connectivity index (χ2n) is 4.50. The number of oxime groups is 1. The van der Waals surface area contributed by atoms with Gasteiger partial charge in [-0.1, -0.05) is 12.1 Å². The van der Waals surface area contributed by atoms with Crippen LogP contribution in [0.2, 0.25) is 0 Å². The molecule has 0 bridgehead atoms. The van der Waals surface area contributed by atoms with Gasteiger partial charge < -0.3 is 14.3 Å². The van der Waals surface area contributed by atoms with Crippen LogP contribution in [0.3, 0.4) is 0 Å². The zero-order valence-corrected chi connectivity index (χ0v) is 14.3. The summed E-state index contributed by atoms with van der Waals surface area (Å²) in [7, 11) is 1.59. The van der Waals surface area contributed by atoms with E-state index in [4.69, 9.17) is 9.47 Å². The Kier molecular flexibility index (Phi) is 5.22. The average molecular weight is 401 g/mol. The Morgan fingerprint density at radius 1 is 1.43 bits per heavy atom. The van der Waals surface area contributed by atoms with Crippen molar-refractivity contribution in [1.29, 1.82) is 0 Å². The Morgan fingerprint density at radius 3 is 2.76 bits per heavy atom. The number of ether oxygens (including phenoxy) is 2. The second kappa shape index (κ2) is 6.93. The summed E-state index contributed by atoms with van der Waals surface area (Å²) in [5.74, 6) is 0.928. The van der Waals surface area contributed by atoms with Gasteiger partial charge in [0.25, 0.3) is 0 Å². The molecule has 1 aromatic rings. The zero-order chi connectivity index (χ0) is 15.4. The van der Waals surface area contributed by atoms with E-state index in [-0.39, 0.29) is 0 Å². The fourth-order valence-electron chi connectivity index (χ4n) is 1.85. The minimum absolute atomic E-state index is 0.437. The first-order chi connectivity index (χ1) is 10.1. The molecule has 0 saturated carbocycles. The first-order valence-electron chi connectivity index (χ1n) is 6.55. The molecule has 0 fully saturated rings. The Morgan fingerprint density at radius 2 is 2.19 bits per heavy atom. The van der Waals surface area contributed by atoms with Crippen LogP contribution in [0.25, 0.3) is 6.08 Å². The maximum atomic E-state index is 11.6. The lowest BCUT2D eigenvalue weighted by Gasteiger charge is -2.13. The number of carbonyl (C=O) groups excluding carboxylic acids is 1. The quantitative estimate of drug-likeness (QED) is 0.431. The Labute approximate surface area is 137 Å². The summed E-state index contributed by atoms with van der Waals surface area (Å²) >= 11 is 2.19. The van der Waals surface area contributed by atoms with E-state index in [0.717, 1.165) is 21.3 Å². The standard InChI is InChI=1S/C15H16INO4/c1-4-5-20-14-12(16)7-10(8-13(14)19-3)6-11-9(2)17-21-15(11)18/h6-8H,4-5H2,1-3H3/b11-6+.